The molecule has 0 aromatic rings. The molecular formula is C15H23NO. The smallest absolute Gasteiger partial charge is 0.180 e. The van der Waals surface area contributed by atoms with E-state index >= 15 is 0 Å². The Labute approximate surface area is 105 Å². The topological polar surface area (TPSA) is 29.4 Å². The minimum absolute atomic E-state index is 0.0627. The number of allylic oxidation sites excluding steroid dienone is 2. The molecule has 0 spiro atoms. The number of carbonyl (C=O) groups excluding carboxylic acids is 1. The second kappa shape index (κ2) is 6.53. The van der Waals surface area contributed by atoms with Crippen LogP contribution in [-0.2, 0) is 4.79 Å². The highest BCUT2D eigenvalue weighted by atomic mass is 16.1. The molecule has 1 atom stereocenters. The highest BCUT2D eigenvalue weighted by molar-refractivity contribution is 6.40. The average molecular weight is 233 g/mol. The zero-order valence-corrected chi connectivity index (χ0v) is 11.3. The molecule has 17 heavy (non-hydrogen) atoms. The van der Waals surface area contributed by atoms with Crippen LogP contribution < -0.4 is 0 Å². The Bertz CT molecular complexity index is 363. The maximum atomic E-state index is 12.1. The molecule has 0 saturated heterocycles. The summed E-state index contributed by atoms with van der Waals surface area (Å²) in [6, 6.07) is 0. The van der Waals surface area contributed by atoms with Crippen LogP contribution in [0.5, 0.6) is 0 Å². The van der Waals surface area contributed by atoms with Gasteiger partial charge in [-0.15, -0.1) is 0 Å². The molecule has 0 bridgehead atoms. The maximum Gasteiger partial charge on any atom is 0.180 e. The third kappa shape index (κ3) is 3.65. The Hall–Kier alpha value is -1.18. The summed E-state index contributed by atoms with van der Waals surface area (Å²) in [5.74, 6) is 0.279. The van der Waals surface area contributed by atoms with E-state index in [-0.39, 0.29) is 11.7 Å². The van der Waals surface area contributed by atoms with Crippen molar-refractivity contribution in [2.24, 2.45) is 10.9 Å². The zero-order chi connectivity index (χ0) is 12.8. The molecule has 1 aliphatic rings. The van der Waals surface area contributed by atoms with Gasteiger partial charge in [0.25, 0.3) is 0 Å². The third-order valence-electron chi connectivity index (χ3n) is 3.21. The minimum Gasteiger partial charge on any atom is -0.293 e. The van der Waals surface area contributed by atoms with Crippen LogP contribution in [-0.4, -0.2) is 11.5 Å². The fourth-order valence-corrected chi connectivity index (χ4v) is 1.85. The van der Waals surface area contributed by atoms with Crippen LogP contribution in [0.1, 0.15) is 52.9 Å². The molecule has 0 radical (unpaired) electrons. The van der Waals surface area contributed by atoms with Crippen LogP contribution in [0.2, 0.25) is 0 Å². The van der Waals surface area contributed by atoms with Crippen molar-refractivity contribution in [3.8, 4) is 0 Å². The second-order valence-electron chi connectivity index (χ2n) is 4.71. The predicted octanol–water partition coefficient (Wildman–Crippen LogP) is 4.08. The molecule has 0 fully saturated rings. The zero-order valence-electron chi connectivity index (χ0n) is 11.3. The number of hydrogen-bond donors (Lipinski definition) is 0. The molecule has 1 unspecified atom stereocenters. The van der Waals surface area contributed by atoms with E-state index in [1.165, 1.54) is 0 Å². The summed E-state index contributed by atoms with van der Waals surface area (Å²) in [4.78, 5) is 16.7. The summed E-state index contributed by atoms with van der Waals surface area (Å²) in [5, 5.41) is 0. The van der Waals surface area contributed by atoms with Crippen molar-refractivity contribution in [3.05, 3.63) is 23.9 Å². The summed E-state index contributed by atoms with van der Waals surface area (Å²) < 4.78 is 0. The second-order valence-corrected chi connectivity index (χ2v) is 4.71. The van der Waals surface area contributed by atoms with Crippen LogP contribution in [0.3, 0.4) is 0 Å². The number of aliphatic imine (C=N–C) groups is 1. The van der Waals surface area contributed by atoms with Crippen molar-refractivity contribution in [3.63, 3.8) is 0 Å². The van der Waals surface area contributed by atoms with E-state index < -0.39 is 0 Å². The van der Waals surface area contributed by atoms with Gasteiger partial charge >= 0.3 is 0 Å². The fourth-order valence-electron chi connectivity index (χ4n) is 1.85. The van der Waals surface area contributed by atoms with Gasteiger partial charge in [-0.3, -0.25) is 4.79 Å². The lowest BCUT2D eigenvalue weighted by Crippen LogP contribution is -2.20. The van der Waals surface area contributed by atoms with Crippen LogP contribution in [0.25, 0.3) is 0 Å². The molecule has 1 rings (SSSR count). The van der Waals surface area contributed by atoms with Crippen LogP contribution in [0.4, 0.5) is 0 Å². The standard InChI is InChI=1S/C15H23NO/c1-5-7-8-14-15(17)12(4)9-10-13(16-14)11(3)6-2/h10,12H,3,5-9H2,1-2,4H3. The van der Waals surface area contributed by atoms with Crippen molar-refractivity contribution in [2.75, 3.05) is 0 Å². The van der Waals surface area contributed by atoms with Crippen LogP contribution >= 0.6 is 0 Å². The molecule has 0 aliphatic carbocycles. The van der Waals surface area contributed by atoms with E-state index in [0.717, 1.165) is 49.1 Å². The number of rotatable bonds is 5. The maximum absolute atomic E-state index is 12.1. The lowest BCUT2D eigenvalue weighted by atomic mass is 9.97. The van der Waals surface area contributed by atoms with Gasteiger partial charge in [0.05, 0.1) is 11.4 Å². The Morgan fingerprint density at radius 2 is 2.24 bits per heavy atom. The van der Waals surface area contributed by atoms with E-state index in [4.69, 9.17) is 0 Å². The molecule has 0 aromatic carbocycles. The summed E-state index contributed by atoms with van der Waals surface area (Å²) in [6.07, 6.45) is 6.66. The molecule has 2 nitrogen and oxygen atoms in total. The number of nitrogens with zero attached hydrogens (tertiary/aromatic N) is 1. The molecular weight excluding hydrogens is 210 g/mol. The summed E-state index contributed by atoms with van der Waals surface area (Å²) in [6.45, 7) is 10.2. The Kier molecular flexibility index (Phi) is 5.33. The number of Topliss-reactive ketones (excluding diaryl/α,β-unsaturated/α-hetero) is 1. The molecule has 1 aliphatic heterocycles. The van der Waals surface area contributed by atoms with Gasteiger partial charge in [-0.25, -0.2) is 4.99 Å². The van der Waals surface area contributed by atoms with Crippen molar-refractivity contribution in [2.45, 2.75) is 52.9 Å². The number of hydrogen-bond acceptors (Lipinski definition) is 2. The van der Waals surface area contributed by atoms with E-state index in [1.54, 1.807) is 0 Å². The predicted molar refractivity (Wildman–Crippen MR) is 73.3 cm³/mol. The Morgan fingerprint density at radius 1 is 1.53 bits per heavy atom. The highest BCUT2D eigenvalue weighted by Crippen LogP contribution is 2.22. The molecule has 0 amide bonds. The monoisotopic (exact) mass is 233 g/mol. The van der Waals surface area contributed by atoms with E-state index in [9.17, 15) is 4.79 Å². The first-order valence-electron chi connectivity index (χ1n) is 6.60. The number of ketones is 1. The SMILES string of the molecule is C=C(CC)C1=CCC(C)C(=O)C(CCCC)=N1. The van der Waals surface area contributed by atoms with Crippen LogP contribution in [0.15, 0.2) is 28.9 Å². The molecule has 0 aromatic heterocycles. The number of unbranched alkanes of at least 4 members (excludes halogenated alkanes) is 1. The Balaban J connectivity index is 2.95. The van der Waals surface area contributed by atoms with E-state index in [0.29, 0.717) is 0 Å². The normalized spacial score (nSPS) is 20.6. The lowest BCUT2D eigenvalue weighted by Gasteiger charge is -2.07. The van der Waals surface area contributed by atoms with Crippen molar-refractivity contribution < 1.29 is 4.79 Å². The van der Waals surface area contributed by atoms with Crippen molar-refractivity contribution >= 4 is 11.5 Å². The molecule has 94 valence electrons. The Morgan fingerprint density at radius 3 is 2.82 bits per heavy atom. The van der Waals surface area contributed by atoms with Gasteiger partial charge in [0, 0.05) is 5.92 Å². The molecule has 2 heteroatoms. The van der Waals surface area contributed by atoms with Gasteiger partial charge in [-0.1, -0.05) is 39.8 Å². The molecule has 0 saturated carbocycles. The van der Waals surface area contributed by atoms with Gasteiger partial charge in [0.15, 0.2) is 5.78 Å². The van der Waals surface area contributed by atoms with Gasteiger partial charge in [0.2, 0.25) is 0 Å². The van der Waals surface area contributed by atoms with Crippen molar-refractivity contribution in [1.29, 1.82) is 0 Å². The van der Waals surface area contributed by atoms with Gasteiger partial charge < -0.3 is 0 Å². The van der Waals surface area contributed by atoms with E-state index in [1.807, 2.05) is 6.92 Å². The summed E-state index contributed by atoms with van der Waals surface area (Å²) in [5.41, 5.74) is 2.70. The minimum atomic E-state index is 0.0627. The van der Waals surface area contributed by atoms with Crippen LogP contribution in [0, 0.1) is 5.92 Å². The lowest BCUT2D eigenvalue weighted by molar-refractivity contribution is -0.116. The largest absolute Gasteiger partial charge is 0.293 e. The highest BCUT2D eigenvalue weighted by Gasteiger charge is 2.21. The quantitative estimate of drug-likeness (QED) is 0.703. The fraction of sp³-hybridized carbons (Fsp3) is 0.600. The molecule has 1 heterocycles. The molecule has 0 N–H and O–H groups in total. The van der Waals surface area contributed by atoms with Gasteiger partial charge in [-0.2, -0.15) is 0 Å². The first kappa shape index (κ1) is 13.9. The van der Waals surface area contributed by atoms with E-state index in [2.05, 4.69) is 31.5 Å². The van der Waals surface area contributed by atoms with Crippen molar-refractivity contribution in [1.82, 2.24) is 0 Å². The first-order valence-corrected chi connectivity index (χ1v) is 6.60. The summed E-state index contributed by atoms with van der Waals surface area (Å²) in [7, 11) is 0. The van der Waals surface area contributed by atoms with Gasteiger partial charge in [0.1, 0.15) is 0 Å². The van der Waals surface area contributed by atoms with Gasteiger partial charge in [-0.05, 0) is 31.3 Å². The first-order chi connectivity index (χ1) is 8.10. The average Bonchev–Trinajstić information content (AvgIpc) is 2.48. The number of carbonyl (C=O) groups is 1. The summed E-state index contributed by atoms with van der Waals surface area (Å²) >= 11 is 0. The third-order valence-corrected chi connectivity index (χ3v) is 3.21.